The van der Waals surface area contributed by atoms with Crippen LogP contribution in [-0.2, 0) is 7.05 Å². The van der Waals surface area contributed by atoms with Crippen LogP contribution in [0.1, 0.15) is 23.7 Å². The SMILES string of the molecule is CCOc1nc(N2CC[C@@H](N(C)C(=O)O)C2)ncc1C(=O)Nc1ccc2nn(C)cc2c1. The summed E-state index contributed by atoms with van der Waals surface area (Å²) < 4.78 is 7.34. The number of carboxylic acid groups (broad SMARTS) is 1. The molecule has 3 heterocycles. The molecule has 4 rings (SSSR count). The van der Waals surface area contributed by atoms with E-state index in [-0.39, 0.29) is 23.4 Å². The molecule has 0 aliphatic carbocycles. The molecule has 0 radical (unpaired) electrons. The molecule has 1 aromatic carbocycles. The molecule has 2 N–H and O–H groups in total. The summed E-state index contributed by atoms with van der Waals surface area (Å²) in [5.41, 5.74) is 1.69. The van der Waals surface area contributed by atoms with Crippen molar-refractivity contribution in [2.45, 2.75) is 19.4 Å². The number of aromatic nitrogens is 4. The third kappa shape index (κ3) is 4.27. The van der Waals surface area contributed by atoms with E-state index in [1.54, 1.807) is 17.8 Å². The van der Waals surface area contributed by atoms with Gasteiger partial charge in [0.1, 0.15) is 5.56 Å². The lowest BCUT2D eigenvalue weighted by Crippen LogP contribution is -2.38. The van der Waals surface area contributed by atoms with Gasteiger partial charge in [0.15, 0.2) is 0 Å². The van der Waals surface area contributed by atoms with Crippen LogP contribution in [-0.4, -0.2) is 74.5 Å². The van der Waals surface area contributed by atoms with Gasteiger partial charge in [0, 0.05) is 50.7 Å². The van der Waals surface area contributed by atoms with Gasteiger partial charge in [-0.05, 0) is 31.5 Å². The van der Waals surface area contributed by atoms with Crippen LogP contribution in [0.25, 0.3) is 10.9 Å². The van der Waals surface area contributed by atoms with Crippen LogP contribution in [0, 0.1) is 0 Å². The summed E-state index contributed by atoms with van der Waals surface area (Å²) in [5.74, 6) is 0.212. The molecule has 0 spiro atoms. The fourth-order valence-corrected chi connectivity index (χ4v) is 3.73. The number of anilines is 2. The molecule has 32 heavy (non-hydrogen) atoms. The molecule has 1 aliphatic rings. The van der Waals surface area contributed by atoms with Crippen molar-refractivity contribution in [3.05, 3.63) is 36.2 Å². The van der Waals surface area contributed by atoms with Gasteiger partial charge in [0.25, 0.3) is 5.91 Å². The minimum absolute atomic E-state index is 0.142. The Balaban J connectivity index is 1.53. The van der Waals surface area contributed by atoms with E-state index in [9.17, 15) is 14.7 Å². The van der Waals surface area contributed by atoms with E-state index in [1.807, 2.05) is 37.2 Å². The topological polar surface area (TPSA) is 126 Å². The van der Waals surface area contributed by atoms with E-state index < -0.39 is 6.09 Å². The first-order chi connectivity index (χ1) is 15.4. The Kier molecular flexibility index (Phi) is 5.80. The van der Waals surface area contributed by atoms with Gasteiger partial charge >= 0.3 is 6.09 Å². The zero-order chi connectivity index (χ0) is 22.8. The van der Waals surface area contributed by atoms with Crippen LogP contribution < -0.4 is 15.0 Å². The van der Waals surface area contributed by atoms with Gasteiger partial charge in [-0.25, -0.2) is 9.78 Å². The van der Waals surface area contributed by atoms with Crippen molar-refractivity contribution < 1.29 is 19.4 Å². The van der Waals surface area contributed by atoms with Gasteiger partial charge in [-0.1, -0.05) is 0 Å². The molecule has 0 unspecified atom stereocenters. The third-order valence-corrected chi connectivity index (χ3v) is 5.44. The number of nitrogens with zero attached hydrogens (tertiary/aromatic N) is 6. The van der Waals surface area contributed by atoms with E-state index in [0.717, 1.165) is 10.9 Å². The highest BCUT2D eigenvalue weighted by molar-refractivity contribution is 6.06. The lowest BCUT2D eigenvalue weighted by molar-refractivity contribution is 0.102. The van der Waals surface area contributed by atoms with Crippen LogP contribution in [0.5, 0.6) is 5.88 Å². The maximum Gasteiger partial charge on any atom is 0.407 e. The van der Waals surface area contributed by atoms with Gasteiger partial charge in [-0.2, -0.15) is 10.1 Å². The molecule has 0 saturated carbocycles. The van der Waals surface area contributed by atoms with Gasteiger partial charge in [-0.3, -0.25) is 9.48 Å². The molecular weight excluding hydrogens is 414 g/mol. The van der Waals surface area contributed by atoms with Gasteiger partial charge in [0.2, 0.25) is 11.8 Å². The molecule has 168 valence electrons. The first kappa shape index (κ1) is 21.3. The Labute approximate surface area is 184 Å². The number of fused-ring (bicyclic) bond motifs is 1. The minimum Gasteiger partial charge on any atom is -0.477 e. The number of hydrogen-bond donors (Lipinski definition) is 2. The van der Waals surface area contributed by atoms with E-state index in [2.05, 4.69) is 20.4 Å². The second-order valence-electron chi connectivity index (χ2n) is 7.63. The normalized spacial score (nSPS) is 15.7. The second kappa shape index (κ2) is 8.69. The standard InChI is InChI=1S/C21H25N7O4/c1-4-32-19-16(18(29)23-14-5-6-17-13(9-14)11-26(2)25-17)10-22-20(24-19)28-8-7-15(12-28)27(3)21(30)31/h5-6,9-11,15H,4,7-8,12H2,1-3H3,(H,23,29)(H,30,31)/t15-/m1/s1. The Morgan fingerprint density at radius 1 is 1.38 bits per heavy atom. The number of ether oxygens (including phenoxy) is 1. The highest BCUT2D eigenvalue weighted by Crippen LogP contribution is 2.25. The van der Waals surface area contributed by atoms with Crippen molar-refractivity contribution in [3.8, 4) is 5.88 Å². The lowest BCUT2D eigenvalue weighted by atomic mass is 10.2. The predicted octanol–water partition coefficient (Wildman–Crippen LogP) is 2.20. The fourth-order valence-electron chi connectivity index (χ4n) is 3.73. The summed E-state index contributed by atoms with van der Waals surface area (Å²) in [6.07, 6.45) is 3.03. The van der Waals surface area contributed by atoms with Crippen LogP contribution >= 0.6 is 0 Å². The number of carbonyl (C=O) groups excluding carboxylic acids is 1. The summed E-state index contributed by atoms with van der Waals surface area (Å²) in [6, 6.07) is 5.33. The number of benzene rings is 1. The Morgan fingerprint density at radius 2 is 2.19 bits per heavy atom. The molecular formula is C21H25N7O4. The lowest BCUT2D eigenvalue weighted by Gasteiger charge is -2.22. The molecule has 2 amide bonds. The van der Waals surface area contributed by atoms with Crippen molar-refractivity contribution in [1.82, 2.24) is 24.6 Å². The molecule has 1 saturated heterocycles. The first-order valence-corrected chi connectivity index (χ1v) is 10.3. The third-order valence-electron chi connectivity index (χ3n) is 5.44. The van der Waals surface area contributed by atoms with Crippen LogP contribution in [0.3, 0.4) is 0 Å². The number of amides is 2. The van der Waals surface area contributed by atoms with E-state index in [1.165, 1.54) is 11.1 Å². The Bertz CT molecular complexity index is 1160. The molecule has 2 aromatic heterocycles. The van der Waals surface area contributed by atoms with Crippen molar-refractivity contribution in [1.29, 1.82) is 0 Å². The molecule has 1 fully saturated rings. The molecule has 11 nitrogen and oxygen atoms in total. The summed E-state index contributed by atoms with van der Waals surface area (Å²) in [5, 5.41) is 17.3. The summed E-state index contributed by atoms with van der Waals surface area (Å²) in [6.45, 7) is 3.24. The number of carbonyl (C=O) groups is 2. The van der Waals surface area contributed by atoms with Crippen molar-refractivity contribution in [2.75, 3.05) is 37.0 Å². The summed E-state index contributed by atoms with van der Waals surface area (Å²) >= 11 is 0. The average molecular weight is 439 g/mol. The van der Waals surface area contributed by atoms with Crippen LogP contribution in [0.15, 0.2) is 30.6 Å². The number of rotatable bonds is 6. The van der Waals surface area contributed by atoms with Gasteiger partial charge < -0.3 is 25.0 Å². The highest BCUT2D eigenvalue weighted by Gasteiger charge is 2.30. The van der Waals surface area contributed by atoms with Gasteiger partial charge in [-0.15, -0.1) is 0 Å². The summed E-state index contributed by atoms with van der Waals surface area (Å²) in [4.78, 5) is 36.1. The highest BCUT2D eigenvalue weighted by atomic mass is 16.5. The maximum atomic E-state index is 12.9. The average Bonchev–Trinajstić information content (AvgIpc) is 3.39. The summed E-state index contributed by atoms with van der Waals surface area (Å²) in [7, 11) is 3.40. The van der Waals surface area contributed by atoms with E-state index in [4.69, 9.17) is 4.74 Å². The number of hydrogen-bond acceptors (Lipinski definition) is 7. The molecule has 0 bridgehead atoms. The van der Waals surface area contributed by atoms with Crippen LogP contribution in [0.4, 0.5) is 16.4 Å². The maximum absolute atomic E-state index is 12.9. The molecule has 3 aromatic rings. The second-order valence-corrected chi connectivity index (χ2v) is 7.63. The minimum atomic E-state index is -0.968. The zero-order valence-electron chi connectivity index (χ0n) is 18.1. The first-order valence-electron chi connectivity index (χ1n) is 10.3. The zero-order valence-corrected chi connectivity index (χ0v) is 18.1. The molecule has 1 aliphatic heterocycles. The van der Waals surface area contributed by atoms with Crippen molar-refractivity contribution in [2.24, 2.45) is 7.05 Å². The Hall–Kier alpha value is -3.89. The Morgan fingerprint density at radius 3 is 2.94 bits per heavy atom. The van der Waals surface area contributed by atoms with E-state index in [0.29, 0.717) is 37.8 Å². The van der Waals surface area contributed by atoms with Gasteiger partial charge in [0.05, 0.1) is 18.2 Å². The number of nitrogens with one attached hydrogen (secondary N) is 1. The monoisotopic (exact) mass is 439 g/mol. The smallest absolute Gasteiger partial charge is 0.407 e. The quantitative estimate of drug-likeness (QED) is 0.599. The molecule has 1 atom stereocenters. The van der Waals surface area contributed by atoms with Crippen molar-refractivity contribution >= 4 is 34.5 Å². The van der Waals surface area contributed by atoms with Crippen LogP contribution in [0.2, 0.25) is 0 Å². The fraction of sp³-hybridized carbons (Fsp3) is 0.381. The molecule has 11 heteroatoms. The number of likely N-dealkylation sites (N-methyl/N-ethyl adjacent to an activating group) is 1. The van der Waals surface area contributed by atoms with Crippen molar-refractivity contribution in [3.63, 3.8) is 0 Å². The number of aryl methyl sites for hydroxylation is 1. The predicted molar refractivity (Wildman–Crippen MR) is 118 cm³/mol. The van der Waals surface area contributed by atoms with E-state index >= 15 is 0 Å². The largest absolute Gasteiger partial charge is 0.477 e.